The zero-order valence-corrected chi connectivity index (χ0v) is 14.6. The van der Waals surface area contributed by atoms with Crippen LogP contribution in [0.3, 0.4) is 0 Å². The van der Waals surface area contributed by atoms with Gasteiger partial charge in [0.05, 0.1) is 25.3 Å². The van der Waals surface area contributed by atoms with Gasteiger partial charge in [0.2, 0.25) is 5.95 Å². The molecule has 2 aromatic rings. The topological polar surface area (TPSA) is 81.0 Å². The molecule has 0 bridgehead atoms. The van der Waals surface area contributed by atoms with Crippen molar-refractivity contribution in [2.24, 2.45) is 0 Å². The Morgan fingerprint density at radius 2 is 2.04 bits per heavy atom. The highest BCUT2D eigenvalue weighted by Gasteiger charge is 2.32. The Kier molecular flexibility index (Phi) is 4.96. The summed E-state index contributed by atoms with van der Waals surface area (Å²) in [7, 11) is 0. The number of alkyl halides is 3. The molecule has 1 fully saturated rings. The van der Waals surface area contributed by atoms with Crippen molar-refractivity contribution in [1.29, 1.82) is 0 Å². The van der Waals surface area contributed by atoms with Gasteiger partial charge in [-0.1, -0.05) is 0 Å². The van der Waals surface area contributed by atoms with E-state index in [1.54, 1.807) is 9.58 Å². The molecule has 146 valence electrons. The molecule has 0 radical (unpaired) electrons. The fraction of sp³-hybridized carbons (Fsp3) is 0.625. The van der Waals surface area contributed by atoms with Gasteiger partial charge in [0.25, 0.3) is 0 Å². The van der Waals surface area contributed by atoms with E-state index in [9.17, 15) is 13.2 Å². The Bertz CT molecular complexity index is 771. The highest BCUT2D eigenvalue weighted by molar-refractivity contribution is 5.31. The lowest BCUT2D eigenvalue weighted by atomic mass is 10.2. The van der Waals surface area contributed by atoms with E-state index in [4.69, 9.17) is 4.74 Å². The Balaban J connectivity index is 1.36. The van der Waals surface area contributed by atoms with Crippen molar-refractivity contribution in [3.63, 3.8) is 0 Å². The lowest BCUT2D eigenvalue weighted by Gasteiger charge is -2.26. The van der Waals surface area contributed by atoms with Gasteiger partial charge in [-0.3, -0.25) is 0 Å². The molecule has 1 saturated heterocycles. The third kappa shape index (κ3) is 4.19. The number of halogens is 3. The third-order valence-corrected chi connectivity index (χ3v) is 4.67. The molecule has 27 heavy (non-hydrogen) atoms. The quantitative estimate of drug-likeness (QED) is 0.835. The molecule has 8 nitrogen and oxygen atoms in total. The van der Waals surface area contributed by atoms with Crippen LogP contribution in [0.4, 0.5) is 19.1 Å². The summed E-state index contributed by atoms with van der Waals surface area (Å²) in [6.07, 6.45) is -0.540. The number of nitrogens with one attached hydrogen (secondary N) is 1. The molecule has 2 aliphatic rings. The van der Waals surface area contributed by atoms with Crippen molar-refractivity contribution in [2.75, 3.05) is 24.6 Å². The van der Waals surface area contributed by atoms with Gasteiger partial charge < -0.3 is 15.0 Å². The molecule has 1 atom stereocenters. The van der Waals surface area contributed by atoms with E-state index in [2.05, 4.69) is 25.4 Å². The molecule has 0 aromatic carbocycles. The second kappa shape index (κ2) is 7.39. The summed E-state index contributed by atoms with van der Waals surface area (Å²) in [4.78, 5) is 14.0. The molecule has 0 unspecified atom stereocenters. The predicted molar refractivity (Wildman–Crippen MR) is 88.8 cm³/mol. The molecule has 0 saturated carbocycles. The van der Waals surface area contributed by atoms with E-state index in [-0.39, 0.29) is 5.95 Å². The molecule has 0 amide bonds. The predicted octanol–water partition coefficient (Wildman–Crippen LogP) is 1.38. The number of ether oxygens (including phenoxy) is 1. The van der Waals surface area contributed by atoms with Gasteiger partial charge in [-0.25, -0.2) is 19.6 Å². The van der Waals surface area contributed by atoms with Gasteiger partial charge in [0, 0.05) is 25.0 Å². The van der Waals surface area contributed by atoms with E-state index in [0.717, 1.165) is 31.2 Å². The second-order valence-corrected chi connectivity index (χ2v) is 6.67. The van der Waals surface area contributed by atoms with Crippen LogP contribution in [0.5, 0.6) is 0 Å². The molecule has 1 N–H and O–H groups in total. The Morgan fingerprint density at radius 1 is 1.22 bits per heavy atom. The first-order valence-corrected chi connectivity index (χ1v) is 8.87. The number of anilines is 1. The van der Waals surface area contributed by atoms with Crippen molar-refractivity contribution in [2.45, 2.75) is 44.8 Å². The first kappa shape index (κ1) is 18.1. The molecule has 11 heteroatoms. The SMILES string of the molecule is FC(F)(F)c1cnc(N2CCn3nc(COC[C@@H]4CCCN4)nc3C2)nc1. The van der Waals surface area contributed by atoms with E-state index in [1.807, 2.05) is 0 Å². The summed E-state index contributed by atoms with van der Waals surface area (Å²) in [6.45, 7) is 3.52. The first-order valence-electron chi connectivity index (χ1n) is 8.87. The zero-order chi connectivity index (χ0) is 18.9. The number of nitrogens with zero attached hydrogens (tertiary/aromatic N) is 6. The third-order valence-electron chi connectivity index (χ3n) is 4.67. The number of hydrogen-bond acceptors (Lipinski definition) is 7. The monoisotopic (exact) mass is 383 g/mol. The maximum atomic E-state index is 12.6. The Labute approximate surface area is 153 Å². The molecule has 0 spiro atoms. The van der Waals surface area contributed by atoms with Crippen LogP contribution in [0.2, 0.25) is 0 Å². The van der Waals surface area contributed by atoms with E-state index in [1.165, 1.54) is 6.42 Å². The van der Waals surface area contributed by atoms with Gasteiger partial charge in [-0.2, -0.15) is 18.3 Å². The highest BCUT2D eigenvalue weighted by Crippen LogP contribution is 2.28. The number of fused-ring (bicyclic) bond motifs is 1. The first-order chi connectivity index (χ1) is 13.0. The number of rotatable bonds is 5. The van der Waals surface area contributed by atoms with Gasteiger partial charge in [-0.05, 0) is 19.4 Å². The summed E-state index contributed by atoms with van der Waals surface area (Å²) in [5.41, 5.74) is -0.859. The van der Waals surface area contributed by atoms with Crippen molar-refractivity contribution >= 4 is 5.95 Å². The average Bonchev–Trinajstić information content (AvgIpc) is 3.29. The second-order valence-electron chi connectivity index (χ2n) is 6.67. The fourth-order valence-electron chi connectivity index (χ4n) is 3.24. The maximum Gasteiger partial charge on any atom is 0.419 e. The van der Waals surface area contributed by atoms with E-state index >= 15 is 0 Å². The largest absolute Gasteiger partial charge is 0.419 e. The summed E-state index contributed by atoms with van der Waals surface area (Å²) >= 11 is 0. The maximum absolute atomic E-state index is 12.6. The van der Waals surface area contributed by atoms with Gasteiger partial charge >= 0.3 is 6.18 Å². The van der Waals surface area contributed by atoms with E-state index in [0.29, 0.717) is 44.7 Å². The van der Waals surface area contributed by atoms with Crippen molar-refractivity contribution in [3.8, 4) is 0 Å². The minimum atomic E-state index is -4.44. The molecule has 0 aliphatic carbocycles. The standard InChI is InChI=1S/C16H20F3N7O/c17-16(18,19)11-6-21-15(22-7-11)25-4-5-26-14(8-25)23-13(24-26)10-27-9-12-2-1-3-20-12/h6-7,12,20H,1-5,8-10H2/t12-/m0/s1. The number of aromatic nitrogens is 5. The smallest absolute Gasteiger partial charge is 0.372 e. The van der Waals surface area contributed by atoms with Crippen LogP contribution in [-0.2, 0) is 30.6 Å². The molecule has 4 heterocycles. The van der Waals surface area contributed by atoms with Crippen LogP contribution in [0.15, 0.2) is 12.4 Å². The fourth-order valence-corrected chi connectivity index (χ4v) is 3.24. The normalized spacial score (nSPS) is 20.1. The summed E-state index contributed by atoms with van der Waals surface area (Å²) in [5, 5.41) is 7.80. The highest BCUT2D eigenvalue weighted by atomic mass is 19.4. The van der Waals surface area contributed by atoms with E-state index < -0.39 is 11.7 Å². The summed E-state index contributed by atoms with van der Waals surface area (Å²) in [5.74, 6) is 1.59. The molecule has 4 rings (SSSR count). The number of hydrogen-bond donors (Lipinski definition) is 1. The van der Waals surface area contributed by atoms with Crippen molar-refractivity contribution < 1.29 is 17.9 Å². The van der Waals surface area contributed by atoms with Crippen molar-refractivity contribution in [1.82, 2.24) is 30.0 Å². The molecular weight excluding hydrogens is 363 g/mol. The van der Waals surface area contributed by atoms with Gasteiger partial charge in [0.1, 0.15) is 12.4 Å². The molecular formula is C16H20F3N7O. The van der Waals surface area contributed by atoms with Crippen molar-refractivity contribution in [3.05, 3.63) is 29.6 Å². The van der Waals surface area contributed by atoms with Crippen LogP contribution < -0.4 is 10.2 Å². The van der Waals surface area contributed by atoms with Crippen LogP contribution in [0.25, 0.3) is 0 Å². The Hall–Kier alpha value is -2.27. The van der Waals surface area contributed by atoms with Crippen LogP contribution in [0.1, 0.15) is 30.1 Å². The summed E-state index contributed by atoms with van der Waals surface area (Å²) in [6, 6.07) is 0.398. The zero-order valence-electron chi connectivity index (χ0n) is 14.6. The molecule has 2 aromatic heterocycles. The van der Waals surface area contributed by atoms with Gasteiger partial charge in [0.15, 0.2) is 5.82 Å². The average molecular weight is 383 g/mol. The Morgan fingerprint density at radius 3 is 2.74 bits per heavy atom. The lowest BCUT2D eigenvalue weighted by molar-refractivity contribution is -0.138. The summed E-state index contributed by atoms with van der Waals surface area (Å²) < 4.78 is 45.4. The molecule has 2 aliphatic heterocycles. The van der Waals surface area contributed by atoms with Gasteiger partial charge in [-0.15, -0.1) is 0 Å². The van der Waals surface area contributed by atoms with Crippen LogP contribution in [-0.4, -0.2) is 50.5 Å². The minimum absolute atomic E-state index is 0.252. The van der Waals surface area contributed by atoms with Crippen LogP contribution >= 0.6 is 0 Å². The van der Waals surface area contributed by atoms with Crippen LogP contribution in [0, 0.1) is 0 Å². The minimum Gasteiger partial charge on any atom is -0.372 e. The lowest BCUT2D eigenvalue weighted by Crippen LogP contribution is -2.35.